The van der Waals surface area contributed by atoms with Crippen molar-refractivity contribution in [1.29, 1.82) is 0 Å². The molecule has 3 aromatic carbocycles. The van der Waals surface area contributed by atoms with Gasteiger partial charge >= 0.3 is 6.03 Å². The lowest BCUT2D eigenvalue weighted by Gasteiger charge is -2.35. The largest absolute Gasteiger partial charge is 0.497 e. The van der Waals surface area contributed by atoms with Crippen LogP contribution in [0.25, 0.3) is 17.0 Å². The van der Waals surface area contributed by atoms with E-state index >= 15 is 0 Å². The molecule has 1 aromatic heterocycles. The van der Waals surface area contributed by atoms with E-state index < -0.39 is 6.04 Å². The second kappa shape index (κ2) is 10.1. The molecule has 1 atom stereocenters. The molecule has 0 saturated heterocycles. The smallest absolute Gasteiger partial charge is 0.326 e. The van der Waals surface area contributed by atoms with Crippen LogP contribution in [-0.2, 0) is 0 Å². The van der Waals surface area contributed by atoms with Crippen LogP contribution in [-0.4, -0.2) is 37.5 Å². The van der Waals surface area contributed by atoms with Gasteiger partial charge in [0.1, 0.15) is 5.75 Å². The molecular formula is C28H26N4O5. The van der Waals surface area contributed by atoms with Gasteiger partial charge in [-0.2, -0.15) is 4.98 Å². The standard InChI is InChI=1S/C28H26N4O5/c1-17-24(27-30-26(31-37-27)19-10-15-22(35-3)23(16-19)36-4)25(18-8-6-5-7-9-18)29-28(33)32(17)20-11-13-21(34-2)14-12-20/h5-16,25H,1-4H3,(H,29,33). The molecule has 9 nitrogen and oxygen atoms in total. The van der Waals surface area contributed by atoms with Gasteiger partial charge in [-0.15, -0.1) is 0 Å². The molecule has 0 saturated carbocycles. The average Bonchev–Trinajstić information content (AvgIpc) is 3.43. The van der Waals surface area contributed by atoms with Crippen molar-refractivity contribution in [2.45, 2.75) is 13.0 Å². The SMILES string of the molecule is COc1ccc(N2C(=O)NC(c3ccccc3)C(c3nc(-c4ccc(OC)c(OC)c4)no3)=C2C)cc1. The summed E-state index contributed by atoms with van der Waals surface area (Å²) in [6.45, 7) is 1.87. The molecule has 0 fully saturated rings. The maximum atomic E-state index is 13.3. The van der Waals surface area contributed by atoms with E-state index in [1.54, 1.807) is 50.5 Å². The maximum Gasteiger partial charge on any atom is 0.326 e. The Kier molecular flexibility index (Phi) is 6.51. The molecule has 9 heteroatoms. The number of rotatable bonds is 7. The van der Waals surface area contributed by atoms with Gasteiger partial charge in [0.05, 0.1) is 38.6 Å². The number of anilines is 1. The molecule has 2 heterocycles. The van der Waals surface area contributed by atoms with E-state index in [0.29, 0.717) is 51.5 Å². The summed E-state index contributed by atoms with van der Waals surface area (Å²) in [5.41, 5.74) is 3.64. The van der Waals surface area contributed by atoms with Gasteiger partial charge in [0.15, 0.2) is 11.5 Å². The topological polar surface area (TPSA) is 99.0 Å². The van der Waals surface area contributed by atoms with Gasteiger partial charge in [-0.3, -0.25) is 4.90 Å². The van der Waals surface area contributed by atoms with Crippen LogP contribution in [0.4, 0.5) is 10.5 Å². The summed E-state index contributed by atoms with van der Waals surface area (Å²) >= 11 is 0. The van der Waals surface area contributed by atoms with Crippen LogP contribution in [0, 0.1) is 0 Å². The number of hydrogen-bond donors (Lipinski definition) is 1. The molecule has 5 rings (SSSR count). The van der Waals surface area contributed by atoms with E-state index in [0.717, 1.165) is 5.56 Å². The first-order chi connectivity index (χ1) is 18.0. The third-order valence-electron chi connectivity index (χ3n) is 6.25. The monoisotopic (exact) mass is 498 g/mol. The normalized spacial score (nSPS) is 15.4. The van der Waals surface area contributed by atoms with Crippen molar-refractivity contribution in [3.63, 3.8) is 0 Å². The van der Waals surface area contributed by atoms with Crippen molar-refractivity contribution < 1.29 is 23.5 Å². The molecular weight excluding hydrogens is 472 g/mol. The van der Waals surface area contributed by atoms with Crippen LogP contribution in [0.15, 0.2) is 83.0 Å². The molecule has 188 valence electrons. The van der Waals surface area contributed by atoms with E-state index in [-0.39, 0.29) is 6.03 Å². The molecule has 0 radical (unpaired) electrons. The summed E-state index contributed by atoms with van der Waals surface area (Å²) in [7, 11) is 4.75. The number of nitrogens with one attached hydrogen (secondary N) is 1. The third-order valence-corrected chi connectivity index (χ3v) is 6.25. The van der Waals surface area contributed by atoms with Crippen LogP contribution in [0.5, 0.6) is 17.2 Å². The predicted octanol–water partition coefficient (Wildman–Crippen LogP) is 5.46. The first-order valence-electron chi connectivity index (χ1n) is 11.6. The second-order valence-corrected chi connectivity index (χ2v) is 8.32. The Morgan fingerprint density at radius 1 is 0.892 bits per heavy atom. The number of aromatic nitrogens is 2. The van der Waals surface area contributed by atoms with Gasteiger partial charge < -0.3 is 24.1 Å². The lowest BCUT2D eigenvalue weighted by atomic mass is 9.94. The molecule has 0 bridgehead atoms. The van der Waals surface area contributed by atoms with Gasteiger partial charge in [0, 0.05) is 11.3 Å². The summed E-state index contributed by atoms with van der Waals surface area (Å²) in [4.78, 5) is 19.6. The van der Waals surface area contributed by atoms with Crippen LogP contribution in [0.2, 0.25) is 0 Å². The Labute approximate surface area is 214 Å². The highest BCUT2D eigenvalue weighted by Crippen LogP contribution is 2.40. The van der Waals surface area contributed by atoms with E-state index in [2.05, 4.69) is 10.5 Å². The number of urea groups is 1. The third kappa shape index (κ3) is 4.47. The minimum atomic E-state index is -0.484. The Morgan fingerprint density at radius 2 is 1.62 bits per heavy atom. The van der Waals surface area contributed by atoms with Gasteiger partial charge in [-0.05, 0) is 55.0 Å². The van der Waals surface area contributed by atoms with E-state index in [9.17, 15) is 4.79 Å². The zero-order valence-electron chi connectivity index (χ0n) is 20.9. The average molecular weight is 499 g/mol. The zero-order valence-corrected chi connectivity index (χ0v) is 20.9. The lowest BCUT2D eigenvalue weighted by Crippen LogP contribution is -2.46. The molecule has 1 aliphatic heterocycles. The summed E-state index contributed by atoms with van der Waals surface area (Å²) in [6.07, 6.45) is 0. The quantitative estimate of drug-likeness (QED) is 0.361. The number of carbonyl (C=O) groups excluding carboxylic acids is 1. The van der Waals surface area contributed by atoms with E-state index in [1.807, 2.05) is 55.5 Å². The fourth-order valence-corrected chi connectivity index (χ4v) is 4.38. The Balaban J connectivity index is 1.62. The molecule has 0 aliphatic carbocycles. The number of hydrogen-bond acceptors (Lipinski definition) is 7. The van der Waals surface area contributed by atoms with Crippen LogP contribution < -0.4 is 24.4 Å². The maximum absolute atomic E-state index is 13.3. The predicted molar refractivity (Wildman–Crippen MR) is 139 cm³/mol. The van der Waals surface area contributed by atoms with Crippen molar-refractivity contribution in [2.75, 3.05) is 26.2 Å². The van der Waals surface area contributed by atoms with Crippen molar-refractivity contribution in [3.8, 4) is 28.6 Å². The first-order valence-corrected chi connectivity index (χ1v) is 11.6. The highest BCUT2D eigenvalue weighted by molar-refractivity contribution is 6.01. The fraction of sp³-hybridized carbons (Fsp3) is 0.179. The molecule has 1 N–H and O–H groups in total. The summed E-state index contributed by atoms with van der Waals surface area (Å²) in [6, 6.07) is 21.6. The fourth-order valence-electron chi connectivity index (χ4n) is 4.38. The summed E-state index contributed by atoms with van der Waals surface area (Å²) < 4.78 is 21.8. The Hall–Kier alpha value is -4.79. The summed E-state index contributed by atoms with van der Waals surface area (Å²) in [5.74, 6) is 2.54. The van der Waals surface area contributed by atoms with Gasteiger partial charge in [0.2, 0.25) is 5.82 Å². The second-order valence-electron chi connectivity index (χ2n) is 8.32. The number of carbonyl (C=O) groups is 1. The molecule has 0 spiro atoms. The molecule has 1 unspecified atom stereocenters. The zero-order chi connectivity index (χ0) is 25.9. The number of methoxy groups -OCH3 is 3. The van der Waals surface area contributed by atoms with Crippen molar-refractivity contribution in [3.05, 3.63) is 89.9 Å². The van der Waals surface area contributed by atoms with E-state index in [1.165, 1.54) is 0 Å². The number of nitrogens with zero attached hydrogens (tertiary/aromatic N) is 3. The molecule has 37 heavy (non-hydrogen) atoms. The Bertz CT molecular complexity index is 1450. The van der Waals surface area contributed by atoms with Crippen molar-refractivity contribution >= 4 is 17.3 Å². The minimum Gasteiger partial charge on any atom is -0.497 e. The van der Waals surface area contributed by atoms with Crippen molar-refractivity contribution in [1.82, 2.24) is 15.5 Å². The first kappa shape index (κ1) is 23.9. The minimum absolute atomic E-state index is 0.264. The number of ether oxygens (including phenoxy) is 3. The highest BCUT2D eigenvalue weighted by atomic mass is 16.5. The highest BCUT2D eigenvalue weighted by Gasteiger charge is 2.36. The van der Waals surface area contributed by atoms with Crippen molar-refractivity contribution in [2.24, 2.45) is 0 Å². The van der Waals surface area contributed by atoms with E-state index in [4.69, 9.17) is 23.7 Å². The van der Waals surface area contributed by atoms with Crippen LogP contribution in [0.1, 0.15) is 24.4 Å². The van der Waals surface area contributed by atoms with Crippen LogP contribution in [0.3, 0.4) is 0 Å². The number of allylic oxidation sites excluding steroid dienone is 1. The van der Waals surface area contributed by atoms with Gasteiger partial charge in [-0.25, -0.2) is 4.79 Å². The summed E-state index contributed by atoms with van der Waals surface area (Å²) in [5, 5.41) is 7.33. The number of amides is 2. The number of benzene rings is 3. The lowest BCUT2D eigenvalue weighted by molar-refractivity contribution is 0.244. The van der Waals surface area contributed by atoms with Crippen LogP contribution >= 0.6 is 0 Å². The van der Waals surface area contributed by atoms with Gasteiger partial charge in [0.25, 0.3) is 5.89 Å². The molecule has 1 aliphatic rings. The Morgan fingerprint density at radius 3 is 2.30 bits per heavy atom. The molecule has 4 aromatic rings. The van der Waals surface area contributed by atoms with Gasteiger partial charge in [-0.1, -0.05) is 35.5 Å². The molecule has 2 amide bonds.